The first-order chi connectivity index (χ1) is 9.00. The Morgan fingerprint density at radius 3 is 2.95 bits per heavy atom. The molecule has 1 amide bonds. The second kappa shape index (κ2) is 5.92. The highest BCUT2D eigenvalue weighted by Crippen LogP contribution is 2.27. The zero-order chi connectivity index (χ0) is 14.0. The third kappa shape index (κ3) is 3.09. The molecule has 0 spiro atoms. The van der Waals surface area contributed by atoms with Crippen LogP contribution < -0.4 is 0 Å². The summed E-state index contributed by atoms with van der Waals surface area (Å²) < 4.78 is 0.385. The summed E-state index contributed by atoms with van der Waals surface area (Å²) in [5.41, 5.74) is 0.290. The van der Waals surface area contributed by atoms with Crippen LogP contribution in [0.2, 0.25) is 0 Å². The number of carbonyl (C=O) groups excluding carboxylic acids is 1. The van der Waals surface area contributed by atoms with E-state index in [1.54, 1.807) is 17.0 Å². The molecule has 1 aliphatic rings. The molecule has 19 heavy (non-hydrogen) atoms. The number of nitrogens with zero attached hydrogens (tertiary/aromatic N) is 2. The van der Waals surface area contributed by atoms with Gasteiger partial charge in [-0.1, -0.05) is 0 Å². The van der Waals surface area contributed by atoms with Gasteiger partial charge in [0.1, 0.15) is 0 Å². The number of carbonyl (C=O) groups is 1. The monoisotopic (exact) mass is 344 g/mol. The van der Waals surface area contributed by atoms with Crippen molar-refractivity contribution in [3.8, 4) is 0 Å². The van der Waals surface area contributed by atoms with Crippen LogP contribution in [0.25, 0.3) is 0 Å². The van der Waals surface area contributed by atoms with Gasteiger partial charge in [-0.05, 0) is 35.0 Å². The lowest BCUT2D eigenvalue weighted by atomic mass is 10.1. The molecule has 0 saturated carbocycles. The predicted molar refractivity (Wildman–Crippen MR) is 78.6 cm³/mol. The van der Waals surface area contributed by atoms with Crippen LogP contribution in [-0.2, 0) is 0 Å². The molecular weight excluding hydrogens is 332 g/mol. The van der Waals surface area contributed by atoms with Gasteiger partial charge in [-0.2, -0.15) is 11.8 Å². The van der Waals surface area contributed by atoms with Crippen molar-refractivity contribution in [2.45, 2.75) is 13.0 Å². The molecule has 0 aliphatic carbocycles. The van der Waals surface area contributed by atoms with Gasteiger partial charge in [-0.3, -0.25) is 14.9 Å². The van der Waals surface area contributed by atoms with E-state index in [-0.39, 0.29) is 17.6 Å². The van der Waals surface area contributed by atoms with Crippen molar-refractivity contribution in [2.24, 2.45) is 0 Å². The van der Waals surface area contributed by atoms with Gasteiger partial charge >= 0.3 is 0 Å². The van der Waals surface area contributed by atoms with Crippen molar-refractivity contribution in [3.05, 3.63) is 38.3 Å². The zero-order valence-electron chi connectivity index (χ0n) is 10.3. The molecule has 102 valence electrons. The maximum atomic E-state index is 12.4. The molecule has 1 unspecified atom stereocenters. The normalized spacial score (nSPS) is 19.3. The fourth-order valence-corrected chi connectivity index (χ4v) is 3.39. The molecule has 2 rings (SSSR count). The first-order valence-electron chi connectivity index (χ1n) is 5.83. The van der Waals surface area contributed by atoms with Crippen LogP contribution in [-0.4, -0.2) is 39.8 Å². The van der Waals surface area contributed by atoms with E-state index in [0.29, 0.717) is 16.6 Å². The van der Waals surface area contributed by atoms with Gasteiger partial charge in [0.2, 0.25) is 0 Å². The highest BCUT2D eigenvalue weighted by atomic mass is 79.9. The standard InChI is InChI=1S/C12H13BrN2O3S/c1-8-7-19-5-4-14(8)12(16)9-2-3-10(13)11(6-9)15(17)18/h2-3,6,8H,4-5,7H2,1H3. The predicted octanol–water partition coefficient (Wildman–Crippen LogP) is 2.93. The molecule has 1 aromatic carbocycles. The van der Waals surface area contributed by atoms with Crippen molar-refractivity contribution >= 4 is 39.3 Å². The van der Waals surface area contributed by atoms with Gasteiger partial charge in [0.15, 0.2) is 0 Å². The van der Waals surface area contributed by atoms with E-state index < -0.39 is 4.92 Å². The van der Waals surface area contributed by atoms with Crippen molar-refractivity contribution < 1.29 is 9.72 Å². The lowest BCUT2D eigenvalue weighted by molar-refractivity contribution is -0.385. The molecule has 5 nitrogen and oxygen atoms in total. The van der Waals surface area contributed by atoms with E-state index in [9.17, 15) is 14.9 Å². The molecule has 0 bridgehead atoms. The van der Waals surface area contributed by atoms with E-state index in [1.165, 1.54) is 6.07 Å². The van der Waals surface area contributed by atoms with Crippen molar-refractivity contribution in [1.29, 1.82) is 0 Å². The summed E-state index contributed by atoms with van der Waals surface area (Å²) in [7, 11) is 0. The summed E-state index contributed by atoms with van der Waals surface area (Å²) in [5.74, 6) is 1.68. The Morgan fingerprint density at radius 1 is 1.58 bits per heavy atom. The van der Waals surface area contributed by atoms with Gasteiger partial charge in [0.25, 0.3) is 11.6 Å². The Bertz CT molecular complexity index is 524. The number of amides is 1. The molecule has 1 saturated heterocycles. The smallest absolute Gasteiger partial charge is 0.284 e. The molecule has 1 atom stereocenters. The van der Waals surface area contributed by atoms with Crippen LogP contribution in [0.5, 0.6) is 0 Å². The number of nitro groups is 1. The third-order valence-electron chi connectivity index (χ3n) is 3.02. The topological polar surface area (TPSA) is 63.5 Å². The molecule has 1 aromatic rings. The summed E-state index contributed by atoms with van der Waals surface area (Å²) in [5, 5.41) is 10.9. The lowest BCUT2D eigenvalue weighted by Crippen LogP contribution is -2.44. The van der Waals surface area contributed by atoms with E-state index in [1.807, 2.05) is 18.7 Å². The number of nitro benzene ring substituents is 1. The minimum atomic E-state index is -0.490. The SMILES string of the molecule is CC1CSCCN1C(=O)c1ccc(Br)c([N+](=O)[O-])c1. The number of rotatable bonds is 2. The van der Waals surface area contributed by atoms with E-state index >= 15 is 0 Å². The zero-order valence-corrected chi connectivity index (χ0v) is 12.7. The largest absolute Gasteiger partial charge is 0.334 e. The van der Waals surface area contributed by atoms with Gasteiger partial charge in [0, 0.05) is 35.7 Å². The molecule has 1 aliphatic heterocycles. The van der Waals surface area contributed by atoms with E-state index in [2.05, 4.69) is 15.9 Å². The summed E-state index contributed by atoms with van der Waals surface area (Å²) in [4.78, 5) is 24.6. The third-order valence-corrected chi connectivity index (χ3v) is 4.88. The molecule has 7 heteroatoms. The van der Waals surface area contributed by atoms with Crippen LogP contribution in [0, 0.1) is 10.1 Å². The average molecular weight is 345 g/mol. The summed E-state index contributed by atoms with van der Waals surface area (Å²) in [6.45, 7) is 2.69. The number of benzene rings is 1. The van der Waals surface area contributed by atoms with Crippen LogP contribution >= 0.6 is 27.7 Å². The Hall–Kier alpha value is -1.08. The van der Waals surface area contributed by atoms with Gasteiger partial charge in [0.05, 0.1) is 9.40 Å². The minimum Gasteiger partial charge on any atom is -0.334 e. The molecule has 0 aromatic heterocycles. The Labute approximate surface area is 123 Å². The molecule has 1 heterocycles. The highest BCUT2D eigenvalue weighted by molar-refractivity contribution is 9.10. The Morgan fingerprint density at radius 2 is 2.32 bits per heavy atom. The van der Waals surface area contributed by atoms with E-state index in [4.69, 9.17) is 0 Å². The Kier molecular flexibility index (Phi) is 4.46. The Balaban J connectivity index is 2.28. The summed E-state index contributed by atoms with van der Waals surface area (Å²) in [6, 6.07) is 4.66. The van der Waals surface area contributed by atoms with Crippen molar-refractivity contribution in [2.75, 3.05) is 18.1 Å². The fourth-order valence-electron chi connectivity index (χ4n) is 1.98. The summed E-state index contributed by atoms with van der Waals surface area (Å²) in [6.07, 6.45) is 0. The average Bonchev–Trinajstić information content (AvgIpc) is 2.38. The van der Waals surface area contributed by atoms with Crippen LogP contribution in [0.1, 0.15) is 17.3 Å². The molecule has 1 fully saturated rings. The second-order valence-corrected chi connectivity index (χ2v) is 6.35. The number of hydrogen-bond acceptors (Lipinski definition) is 4. The van der Waals surface area contributed by atoms with Crippen LogP contribution in [0.15, 0.2) is 22.7 Å². The van der Waals surface area contributed by atoms with Gasteiger partial charge in [-0.25, -0.2) is 0 Å². The lowest BCUT2D eigenvalue weighted by Gasteiger charge is -2.33. The van der Waals surface area contributed by atoms with Crippen molar-refractivity contribution in [1.82, 2.24) is 4.90 Å². The fraction of sp³-hybridized carbons (Fsp3) is 0.417. The minimum absolute atomic E-state index is 0.0788. The second-order valence-electron chi connectivity index (χ2n) is 4.35. The van der Waals surface area contributed by atoms with E-state index in [0.717, 1.165) is 11.5 Å². The van der Waals surface area contributed by atoms with Gasteiger partial charge < -0.3 is 4.90 Å². The quantitative estimate of drug-likeness (QED) is 0.611. The molecule has 0 N–H and O–H groups in total. The number of halogens is 1. The van der Waals surface area contributed by atoms with Crippen molar-refractivity contribution in [3.63, 3.8) is 0 Å². The first kappa shape index (κ1) is 14.3. The highest BCUT2D eigenvalue weighted by Gasteiger charge is 2.26. The summed E-state index contributed by atoms with van der Waals surface area (Å²) >= 11 is 4.94. The maximum Gasteiger partial charge on any atom is 0.284 e. The van der Waals surface area contributed by atoms with Crippen LogP contribution in [0.4, 0.5) is 5.69 Å². The number of thioether (sulfide) groups is 1. The first-order valence-corrected chi connectivity index (χ1v) is 7.78. The number of hydrogen-bond donors (Lipinski definition) is 0. The van der Waals surface area contributed by atoms with Gasteiger partial charge in [-0.15, -0.1) is 0 Å². The maximum absolute atomic E-state index is 12.4. The molecular formula is C12H13BrN2O3S. The molecule has 0 radical (unpaired) electrons. The van der Waals surface area contributed by atoms with Crippen LogP contribution in [0.3, 0.4) is 0 Å².